The number of nitro benzene ring substituents is 2. The molecule has 0 aromatic heterocycles. The third-order valence-electron chi connectivity index (χ3n) is 8.71. The number of anilines is 4. The van der Waals surface area contributed by atoms with Gasteiger partial charge in [0.2, 0.25) is 11.5 Å². The number of urea groups is 2. The summed E-state index contributed by atoms with van der Waals surface area (Å²) < 4.78 is 56.9. The van der Waals surface area contributed by atoms with Crippen LogP contribution in [-0.2, 0) is 18.9 Å². The third-order valence-corrected chi connectivity index (χ3v) is 8.71. The van der Waals surface area contributed by atoms with Gasteiger partial charge in [-0.3, -0.25) is 20.2 Å². The first-order chi connectivity index (χ1) is 32.4. The van der Waals surface area contributed by atoms with E-state index in [9.17, 15) is 29.8 Å². The monoisotopic (exact) mass is 960 g/mol. The molecule has 4 N–H and O–H groups in total. The van der Waals surface area contributed by atoms with Gasteiger partial charge in [0, 0.05) is 44.6 Å². The minimum atomic E-state index is -0.875. The molecule has 22 nitrogen and oxygen atoms in total. The number of carbonyl (C=O) groups is 2. The Kier molecular flexibility index (Phi) is 24.2. The van der Waals surface area contributed by atoms with Gasteiger partial charge in [0.1, 0.15) is 36.2 Å². The van der Waals surface area contributed by atoms with Crippen LogP contribution in [-0.4, -0.2) is 115 Å². The maximum absolute atomic E-state index is 13.9. The lowest BCUT2D eigenvalue weighted by Crippen LogP contribution is -2.23. The van der Waals surface area contributed by atoms with Crippen molar-refractivity contribution in [2.45, 2.75) is 55.4 Å². The van der Waals surface area contributed by atoms with Crippen LogP contribution in [0, 0.1) is 43.9 Å². The van der Waals surface area contributed by atoms with Gasteiger partial charge in [-0.2, -0.15) is 0 Å². The normalized spacial score (nSPS) is 11.1. The van der Waals surface area contributed by atoms with E-state index < -0.39 is 33.3 Å². The Hall–Kier alpha value is -6.36. The van der Waals surface area contributed by atoms with Crippen LogP contribution < -0.4 is 49.7 Å². The number of nitrogens with zero attached hydrogens (tertiary/aromatic N) is 2. The predicted octanol–water partition coefficient (Wildman–Crippen LogP) is 9.01. The van der Waals surface area contributed by atoms with Gasteiger partial charge in [-0.05, 0) is 29.7 Å². The van der Waals surface area contributed by atoms with Gasteiger partial charge in [0.05, 0.1) is 98.7 Å². The average molecular weight is 961 g/mol. The first kappa shape index (κ1) is 56.0. The van der Waals surface area contributed by atoms with Crippen LogP contribution in [0.2, 0.25) is 0 Å². The first-order valence-corrected chi connectivity index (χ1v) is 22.3. The Labute approximate surface area is 397 Å². The molecule has 4 amide bonds. The Morgan fingerprint density at radius 1 is 0.426 bits per heavy atom. The number of ether oxygens (including phenoxy) is 10. The summed E-state index contributed by atoms with van der Waals surface area (Å²) in [5.41, 5.74) is -0.840. The summed E-state index contributed by atoms with van der Waals surface area (Å²) in [6.45, 7) is 17.6. The average Bonchev–Trinajstić information content (AvgIpc) is 3.27. The van der Waals surface area contributed by atoms with Gasteiger partial charge in [-0.15, -0.1) is 0 Å². The Bertz CT molecular complexity index is 1940. The molecule has 0 fully saturated rings. The molecule has 68 heavy (non-hydrogen) atoms. The molecule has 0 aliphatic heterocycles. The molecule has 0 bridgehead atoms. The number of carbonyl (C=O) groups excluding carboxylic acids is 2. The highest BCUT2D eigenvalue weighted by Crippen LogP contribution is 2.42. The molecule has 0 saturated heterocycles. The first-order valence-electron chi connectivity index (χ1n) is 22.3. The fourth-order valence-corrected chi connectivity index (χ4v) is 5.53. The smallest absolute Gasteiger partial charge is 0.323 e. The number of amides is 4. The van der Waals surface area contributed by atoms with Crippen molar-refractivity contribution in [3.63, 3.8) is 0 Å². The fraction of sp³-hybridized carbons (Fsp3) is 0.565. The van der Waals surface area contributed by atoms with Crippen molar-refractivity contribution in [1.29, 1.82) is 0 Å². The zero-order chi connectivity index (χ0) is 50.2. The summed E-state index contributed by atoms with van der Waals surface area (Å²) in [6.07, 6.45) is 0. The fourth-order valence-electron chi connectivity index (χ4n) is 5.53. The van der Waals surface area contributed by atoms with Gasteiger partial charge in [0.25, 0.3) is 0 Å². The minimum Gasteiger partial charge on any atom is -0.491 e. The standard InChI is InChI=1S/C46H68N6O16/c1-29(2)25-65-41-23-43(67-27-31(5)6)37(51(55)56)20-35(41)49-45(53)47-33-19-34(40(64-18-16-62-14-12-60-10)22-39(33)63-17-15-61-13-11-59-9)48-46(54)50-36-21-38(52(57)58)44(68-28-32(7)8)24-42(36)66-26-30(3)4/h19-24,29-32H,11-18,25-28H2,1-10H3,(H2,47,49,53)(H2,48,50,54). The van der Waals surface area contributed by atoms with E-state index >= 15 is 0 Å². The summed E-state index contributed by atoms with van der Waals surface area (Å²) in [5.74, 6) is 0.569. The van der Waals surface area contributed by atoms with E-state index in [1.807, 2.05) is 55.4 Å². The van der Waals surface area contributed by atoms with Crippen LogP contribution in [0.4, 0.5) is 43.7 Å². The van der Waals surface area contributed by atoms with Crippen LogP contribution >= 0.6 is 0 Å². The lowest BCUT2D eigenvalue weighted by atomic mass is 10.2. The van der Waals surface area contributed by atoms with Crippen molar-refractivity contribution in [3.05, 3.63) is 56.6 Å². The van der Waals surface area contributed by atoms with Gasteiger partial charge in [0.15, 0.2) is 0 Å². The summed E-state index contributed by atoms with van der Waals surface area (Å²) in [4.78, 5) is 51.1. The maximum Gasteiger partial charge on any atom is 0.323 e. The molecule has 0 aliphatic rings. The van der Waals surface area contributed by atoms with E-state index in [1.165, 1.54) is 24.3 Å². The van der Waals surface area contributed by atoms with Crippen LogP contribution in [0.15, 0.2) is 36.4 Å². The van der Waals surface area contributed by atoms with Gasteiger partial charge in [-0.25, -0.2) is 9.59 Å². The van der Waals surface area contributed by atoms with Crippen LogP contribution in [0.1, 0.15) is 55.4 Å². The molecular weight excluding hydrogens is 893 g/mol. The highest BCUT2D eigenvalue weighted by Gasteiger charge is 2.26. The Balaban J connectivity index is 2.11. The zero-order valence-electron chi connectivity index (χ0n) is 40.7. The zero-order valence-corrected chi connectivity index (χ0v) is 40.7. The topological polar surface area (TPSA) is 261 Å². The highest BCUT2D eigenvalue weighted by atomic mass is 16.6. The largest absolute Gasteiger partial charge is 0.491 e. The Morgan fingerprint density at radius 2 is 0.706 bits per heavy atom. The number of methoxy groups -OCH3 is 2. The van der Waals surface area contributed by atoms with Crippen molar-refractivity contribution in [3.8, 4) is 34.5 Å². The van der Waals surface area contributed by atoms with E-state index in [0.29, 0.717) is 26.4 Å². The summed E-state index contributed by atoms with van der Waals surface area (Å²) >= 11 is 0. The number of nitro groups is 2. The van der Waals surface area contributed by atoms with Crippen molar-refractivity contribution in [2.75, 3.05) is 115 Å². The molecule has 3 aromatic carbocycles. The minimum absolute atomic E-state index is 0.00111. The van der Waals surface area contributed by atoms with E-state index in [1.54, 1.807) is 14.2 Å². The quantitative estimate of drug-likeness (QED) is 0.0258. The second-order valence-electron chi connectivity index (χ2n) is 16.9. The van der Waals surface area contributed by atoms with Gasteiger partial charge in [-0.1, -0.05) is 55.4 Å². The predicted molar refractivity (Wildman–Crippen MR) is 256 cm³/mol. The summed E-state index contributed by atoms with van der Waals surface area (Å²) in [5, 5.41) is 35.2. The van der Waals surface area contributed by atoms with Crippen molar-refractivity contribution in [2.24, 2.45) is 23.7 Å². The van der Waals surface area contributed by atoms with Crippen molar-refractivity contribution in [1.82, 2.24) is 0 Å². The van der Waals surface area contributed by atoms with E-state index in [4.69, 9.17) is 47.4 Å². The van der Waals surface area contributed by atoms with Crippen molar-refractivity contribution >= 4 is 46.2 Å². The highest BCUT2D eigenvalue weighted by molar-refractivity contribution is 6.05. The summed E-state index contributed by atoms with van der Waals surface area (Å²) in [6, 6.07) is 6.07. The molecule has 0 atom stereocenters. The maximum atomic E-state index is 13.9. The molecular formula is C46H68N6O16. The van der Waals surface area contributed by atoms with E-state index in [0.717, 1.165) is 12.1 Å². The molecule has 3 rings (SSSR count). The van der Waals surface area contributed by atoms with Crippen molar-refractivity contribution < 1.29 is 66.8 Å². The number of hydrogen-bond acceptors (Lipinski definition) is 16. The second kappa shape index (κ2) is 29.4. The van der Waals surface area contributed by atoms with Gasteiger partial charge < -0.3 is 68.6 Å². The lowest BCUT2D eigenvalue weighted by Gasteiger charge is -2.20. The van der Waals surface area contributed by atoms with Crippen LogP contribution in [0.25, 0.3) is 0 Å². The van der Waals surface area contributed by atoms with Crippen LogP contribution in [0.5, 0.6) is 34.5 Å². The van der Waals surface area contributed by atoms with E-state index in [-0.39, 0.29) is 134 Å². The van der Waals surface area contributed by atoms with Crippen LogP contribution in [0.3, 0.4) is 0 Å². The Morgan fingerprint density at radius 3 is 1.01 bits per heavy atom. The molecule has 0 radical (unpaired) electrons. The molecule has 0 spiro atoms. The molecule has 378 valence electrons. The molecule has 3 aromatic rings. The molecule has 22 heteroatoms. The SMILES string of the molecule is COCCOCCOc1cc(OCCOCCOC)c(NC(=O)Nc2cc([N+](=O)[O-])c(OCC(C)C)cc2OCC(C)C)cc1NC(=O)Nc1cc([N+](=O)[O-])c(OCC(C)C)cc1OCC(C)C. The number of hydrogen-bond donors (Lipinski definition) is 4. The second-order valence-corrected chi connectivity index (χ2v) is 16.9. The molecule has 0 unspecified atom stereocenters. The molecule has 0 saturated carbocycles. The van der Waals surface area contributed by atoms with E-state index in [2.05, 4.69) is 21.3 Å². The number of benzene rings is 3. The third kappa shape index (κ3) is 19.9. The number of nitrogens with one attached hydrogen (secondary N) is 4. The van der Waals surface area contributed by atoms with Gasteiger partial charge >= 0.3 is 23.4 Å². The molecule has 0 aliphatic carbocycles. The summed E-state index contributed by atoms with van der Waals surface area (Å²) in [7, 11) is 3.08. The molecule has 0 heterocycles. The lowest BCUT2D eigenvalue weighted by molar-refractivity contribution is -0.386. The number of rotatable bonds is 32.